The standard InChI is InChI=1S/C50H96NO12P/c1-3-5-7-9-11-13-15-17-18-19-20-21-22-23-24-26-28-30-32-34-36-38-43(53)42(40-62-64(60,61)63-50-48(58)46(56)45(55)47(57)49(50)59)51-44(54)39-41(52)37-35-33-31-29-27-25-16-14-12-10-8-6-4-2/h14,16,36,38,41-43,45-50,52-53,55-59H,3-13,15,17-35,37,39-40H2,1-2H3,(H,51,54)(H,60,61)/b16-14-,38-36+. The first-order valence-corrected chi connectivity index (χ1v) is 27.4. The average Bonchev–Trinajstić information content (AvgIpc) is 3.27. The van der Waals surface area contributed by atoms with Crippen molar-refractivity contribution in [1.29, 1.82) is 0 Å². The molecule has 0 spiro atoms. The summed E-state index contributed by atoms with van der Waals surface area (Å²) >= 11 is 0. The van der Waals surface area contributed by atoms with Gasteiger partial charge in [0.1, 0.15) is 36.6 Å². The second-order valence-corrected chi connectivity index (χ2v) is 20.0. The molecule has 0 radical (unpaired) electrons. The Bertz CT molecular complexity index is 1190. The SMILES string of the molecule is CCCCCC/C=C\CCCCCCCC(O)CC(=O)NC(COP(=O)(O)OC1C(O)C(O)C(O)C(O)C1O)C(O)/C=C/CCCCCCCCCCCCCCCCCCCCC. The summed E-state index contributed by atoms with van der Waals surface area (Å²) in [6, 6.07) is -1.24. The normalized spacial score (nSPS) is 22.8. The number of phosphoric acid groups is 1. The molecular formula is C50H96NO12P. The van der Waals surface area contributed by atoms with Gasteiger partial charge in [-0.15, -0.1) is 0 Å². The maximum absolute atomic E-state index is 13.0. The summed E-state index contributed by atoms with van der Waals surface area (Å²) in [6.45, 7) is 3.74. The Morgan fingerprint density at radius 2 is 0.906 bits per heavy atom. The Morgan fingerprint density at radius 3 is 1.34 bits per heavy atom. The quantitative estimate of drug-likeness (QED) is 0.0158. The van der Waals surface area contributed by atoms with E-state index in [1.807, 2.05) is 0 Å². The molecule has 1 aliphatic rings. The van der Waals surface area contributed by atoms with Gasteiger partial charge in [-0.25, -0.2) is 4.57 Å². The van der Waals surface area contributed by atoms with Crippen molar-refractivity contribution in [3.05, 3.63) is 24.3 Å². The van der Waals surface area contributed by atoms with E-state index in [1.54, 1.807) is 6.08 Å². The van der Waals surface area contributed by atoms with E-state index in [1.165, 1.54) is 134 Å². The minimum atomic E-state index is -5.14. The molecule has 1 rings (SSSR count). The zero-order valence-electron chi connectivity index (χ0n) is 40.2. The summed E-state index contributed by atoms with van der Waals surface area (Å²) in [4.78, 5) is 23.5. The summed E-state index contributed by atoms with van der Waals surface area (Å²) < 4.78 is 22.9. The van der Waals surface area contributed by atoms with E-state index in [0.29, 0.717) is 12.8 Å². The fraction of sp³-hybridized carbons (Fsp3) is 0.900. The lowest BCUT2D eigenvalue weighted by atomic mass is 9.85. The van der Waals surface area contributed by atoms with Crippen LogP contribution in [0.4, 0.5) is 0 Å². The molecule has 0 aromatic heterocycles. The molecule has 0 bridgehead atoms. The van der Waals surface area contributed by atoms with Gasteiger partial charge in [0.15, 0.2) is 0 Å². The molecule has 1 amide bonds. The first-order valence-electron chi connectivity index (χ1n) is 25.9. The number of rotatable bonds is 43. The van der Waals surface area contributed by atoms with Crippen molar-refractivity contribution in [3.63, 3.8) is 0 Å². The molecule has 1 saturated carbocycles. The number of aliphatic hydroxyl groups is 7. The van der Waals surface area contributed by atoms with Crippen molar-refractivity contribution < 1.29 is 59.0 Å². The van der Waals surface area contributed by atoms with Gasteiger partial charge < -0.3 is 46.0 Å². The van der Waals surface area contributed by atoms with Gasteiger partial charge in [-0.3, -0.25) is 13.8 Å². The van der Waals surface area contributed by atoms with E-state index in [4.69, 9.17) is 9.05 Å². The average molecular weight is 934 g/mol. The van der Waals surface area contributed by atoms with Crippen LogP contribution in [0.1, 0.15) is 226 Å². The Balaban J connectivity index is 2.48. The molecule has 1 aliphatic carbocycles. The molecule has 8 atom stereocenters. The fourth-order valence-corrected chi connectivity index (χ4v) is 9.26. The maximum Gasteiger partial charge on any atom is 0.472 e. The Hall–Kier alpha value is -1.22. The summed E-state index contributed by atoms with van der Waals surface area (Å²) in [5.74, 6) is -0.596. The topological polar surface area (TPSA) is 226 Å². The number of phosphoric ester groups is 1. The van der Waals surface area contributed by atoms with Crippen LogP contribution in [0.2, 0.25) is 0 Å². The molecule has 9 N–H and O–H groups in total. The van der Waals surface area contributed by atoms with Crippen LogP contribution >= 0.6 is 7.82 Å². The summed E-state index contributed by atoms with van der Waals surface area (Å²) in [6.07, 6.45) is 31.2. The summed E-state index contributed by atoms with van der Waals surface area (Å²) in [5, 5.41) is 74.6. The van der Waals surface area contributed by atoms with Crippen molar-refractivity contribution in [2.45, 2.75) is 281 Å². The van der Waals surface area contributed by atoms with E-state index >= 15 is 0 Å². The second-order valence-electron chi connectivity index (χ2n) is 18.6. The van der Waals surface area contributed by atoms with Crippen LogP contribution < -0.4 is 5.32 Å². The van der Waals surface area contributed by atoms with Gasteiger partial charge in [-0.05, 0) is 44.9 Å². The molecule has 14 heteroatoms. The van der Waals surface area contributed by atoms with Gasteiger partial charge in [-0.2, -0.15) is 0 Å². The minimum Gasteiger partial charge on any atom is -0.393 e. The number of aliphatic hydroxyl groups excluding tert-OH is 7. The molecule has 0 heterocycles. The van der Waals surface area contributed by atoms with E-state index in [0.717, 1.165) is 64.2 Å². The molecule has 378 valence electrons. The number of carbonyl (C=O) groups excluding carboxylic acids is 1. The highest BCUT2D eigenvalue weighted by Gasteiger charge is 2.51. The minimum absolute atomic E-state index is 0.249. The number of unbranched alkanes of at least 4 members (excludes halogenated alkanes) is 28. The molecular weight excluding hydrogens is 838 g/mol. The van der Waals surface area contributed by atoms with Gasteiger partial charge in [0, 0.05) is 0 Å². The number of hydrogen-bond donors (Lipinski definition) is 9. The molecule has 0 aromatic carbocycles. The Morgan fingerprint density at radius 1 is 0.547 bits per heavy atom. The number of hydrogen-bond acceptors (Lipinski definition) is 11. The van der Waals surface area contributed by atoms with Crippen LogP contribution in [0, 0.1) is 0 Å². The highest BCUT2D eigenvalue weighted by Crippen LogP contribution is 2.47. The van der Waals surface area contributed by atoms with Crippen molar-refractivity contribution in [1.82, 2.24) is 5.32 Å². The van der Waals surface area contributed by atoms with Crippen molar-refractivity contribution in [2.24, 2.45) is 0 Å². The third-order valence-electron chi connectivity index (χ3n) is 12.5. The number of allylic oxidation sites excluding steroid dienone is 3. The smallest absolute Gasteiger partial charge is 0.393 e. The molecule has 0 saturated heterocycles. The van der Waals surface area contributed by atoms with Crippen LogP contribution in [-0.2, 0) is 18.4 Å². The lowest BCUT2D eigenvalue weighted by Gasteiger charge is -2.41. The number of carbonyl (C=O) groups is 1. The van der Waals surface area contributed by atoms with Gasteiger partial charge in [-0.1, -0.05) is 199 Å². The summed E-state index contributed by atoms with van der Waals surface area (Å²) in [7, 11) is -5.14. The molecule has 13 nitrogen and oxygen atoms in total. The van der Waals surface area contributed by atoms with Crippen LogP contribution in [0.25, 0.3) is 0 Å². The lowest BCUT2D eigenvalue weighted by molar-refractivity contribution is -0.220. The van der Waals surface area contributed by atoms with Gasteiger partial charge >= 0.3 is 7.82 Å². The fourth-order valence-electron chi connectivity index (χ4n) is 8.30. The van der Waals surface area contributed by atoms with Crippen LogP contribution in [0.3, 0.4) is 0 Å². The van der Waals surface area contributed by atoms with Crippen LogP contribution in [0.15, 0.2) is 24.3 Å². The van der Waals surface area contributed by atoms with Crippen molar-refractivity contribution in [2.75, 3.05) is 6.61 Å². The molecule has 8 unspecified atom stereocenters. The Kier molecular flexibility index (Phi) is 37.8. The van der Waals surface area contributed by atoms with Crippen molar-refractivity contribution in [3.8, 4) is 0 Å². The maximum atomic E-state index is 13.0. The molecule has 1 fully saturated rings. The van der Waals surface area contributed by atoms with Crippen molar-refractivity contribution >= 4 is 13.7 Å². The van der Waals surface area contributed by atoms with E-state index in [2.05, 4.69) is 31.3 Å². The highest BCUT2D eigenvalue weighted by atomic mass is 31.2. The zero-order valence-corrected chi connectivity index (χ0v) is 41.1. The zero-order chi connectivity index (χ0) is 47.3. The predicted molar refractivity (Wildman–Crippen MR) is 257 cm³/mol. The third-order valence-corrected chi connectivity index (χ3v) is 13.5. The van der Waals surface area contributed by atoms with Gasteiger partial charge in [0.2, 0.25) is 5.91 Å². The largest absolute Gasteiger partial charge is 0.472 e. The highest BCUT2D eigenvalue weighted by molar-refractivity contribution is 7.47. The van der Waals surface area contributed by atoms with Crippen LogP contribution in [-0.4, -0.2) is 108 Å². The monoisotopic (exact) mass is 934 g/mol. The third kappa shape index (κ3) is 30.9. The van der Waals surface area contributed by atoms with E-state index in [-0.39, 0.29) is 6.42 Å². The van der Waals surface area contributed by atoms with Gasteiger partial charge in [0.25, 0.3) is 0 Å². The predicted octanol–water partition coefficient (Wildman–Crippen LogP) is 9.54. The Labute approximate surface area is 388 Å². The summed E-state index contributed by atoms with van der Waals surface area (Å²) in [5.41, 5.74) is 0. The second kappa shape index (κ2) is 39.7. The molecule has 64 heavy (non-hydrogen) atoms. The first-order chi connectivity index (χ1) is 30.8. The van der Waals surface area contributed by atoms with Gasteiger partial charge in [0.05, 0.1) is 31.3 Å². The molecule has 0 aliphatic heterocycles. The lowest BCUT2D eigenvalue weighted by Crippen LogP contribution is -2.64. The number of amides is 1. The van der Waals surface area contributed by atoms with E-state index in [9.17, 15) is 50.0 Å². The molecule has 0 aromatic rings. The first kappa shape index (κ1) is 60.8. The number of nitrogens with one attached hydrogen (secondary N) is 1. The van der Waals surface area contributed by atoms with Crippen LogP contribution in [0.5, 0.6) is 0 Å². The van der Waals surface area contributed by atoms with E-state index < -0.39 is 75.2 Å².